The largest absolute Gasteiger partial charge is 0.196 e. The highest BCUT2D eigenvalue weighted by Crippen LogP contribution is 2.24. The van der Waals surface area contributed by atoms with Crippen LogP contribution in [0.4, 0.5) is 0 Å². The van der Waals surface area contributed by atoms with Gasteiger partial charge < -0.3 is 0 Å². The SMILES string of the molecule is CC(C#N)(Cc1ccc(Cl)cc1)N=NC(C)(C#N)Cc1ccc(Cl)cc1. The second-order valence-corrected chi connectivity index (χ2v) is 7.45. The number of nitrogens with zero attached hydrogens (tertiary/aromatic N) is 4. The minimum Gasteiger partial charge on any atom is -0.196 e. The molecule has 0 aliphatic rings. The number of benzene rings is 2. The molecule has 0 bridgehead atoms. The van der Waals surface area contributed by atoms with E-state index >= 15 is 0 Å². The van der Waals surface area contributed by atoms with Crippen LogP contribution in [0, 0.1) is 22.7 Å². The molecule has 0 saturated carbocycles. The molecule has 0 radical (unpaired) electrons. The molecule has 0 spiro atoms. The van der Waals surface area contributed by atoms with E-state index in [1.54, 1.807) is 38.1 Å². The molecule has 0 aliphatic carbocycles. The first-order chi connectivity index (χ1) is 12.3. The third kappa shape index (κ3) is 5.56. The monoisotopic (exact) mass is 384 g/mol. The van der Waals surface area contributed by atoms with Gasteiger partial charge in [0.15, 0.2) is 11.1 Å². The van der Waals surface area contributed by atoms with Crippen molar-refractivity contribution in [2.24, 2.45) is 10.2 Å². The lowest BCUT2D eigenvalue weighted by atomic mass is 9.94. The van der Waals surface area contributed by atoms with Gasteiger partial charge in [-0.05, 0) is 49.2 Å². The van der Waals surface area contributed by atoms with E-state index in [9.17, 15) is 10.5 Å². The van der Waals surface area contributed by atoms with E-state index in [1.807, 2.05) is 24.3 Å². The molecule has 2 atom stereocenters. The van der Waals surface area contributed by atoms with E-state index in [-0.39, 0.29) is 0 Å². The fraction of sp³-hybridized carbons (Fsp3) is 0.300. The molecule has 0 N–H and O–H groups in total. The van der Waals surface area contributed by atoms with E-state index in [2.05, 4.69) is 22.4 Å². The van der Waals surface area contributed by atoms with E-state index in [1.165, 1.54) is 0 Å². The Balaban J connectivity index is 2.18. The van der Waals surface area contributed by atoms with Gasteiger partial charge in [-0.3, -0.25) is 0 Å². The van der Waals surface area contributed by atoms with Gasteiger partial charge in [0.1, 0.15) is 0 Å². The third-order valence-corrected chi connectivity index (χ3v) is 4.40. The summed E-state index contributed by atoms with van der Waals surface area (Å²) in [6, 6.07) is 18.9. The molecule has 0 heterocycles. The highest BCUT2D eigenvalue weighted by molar-refractivity contribution is 6.30. The third-order valence-electron chi connectivity index (χ3n) is 3.90. The predicted octanol–water partition coefficient (Wildman–Crippen LogP) is 5.80. The second-order valence-electron chi connectivity index (χ2n) is 6.58. The van der Waals surface area contributed by atoms with E-state index in [0.29, 0.717) is 22.9 Å². The average molecular weight is 385 g/mol. The standard InChI is InChI=1S/C20H18Cl2N4/c1-19(13-23,11-15-3-7-17(21)8-4-15)25-26-20(2,14-24)12-16-5-9-18(22)10-6-16/h3-10H,11-12H2,1-2H3. The van der Waals surface area contributed by atoms with Crippen LogP contribution in [0.15, 0.2) is 58.8 Å². The average Bonchev–Trinajstić information content (AvgIpc) is 2.64. The lowest BCUT2D eigenvalue weighted by Crippen LogP contribution is -2.27. The van der Waals surface area contributed by atoms with Crippen LogP contribution in [0.25, 0.3) is 0 Å². The summed E-state index contributed by atoms with van der Waals surface area (Å²) in [5.41, 5.74) is -0.278. The van der Waals surface area contributed by atoms with Gasteiger partial charge >= 0.3 is 0 Å². The van der Waals surface area contributed by atoms with Crippen molar-refractivity contribution >= 4 is 23.2 Å². The Morgan fingerprint density at radius 2 is 1.04 bits per heavy atom. The number of nitriles is 2. The summed E-state index contributed by atoms with van der Waals surface area (Å²) >= 11 is 11.8. The van der Waals surface area contributed by atoms with Crippen LogP contribution in [-0.4, -0.2) is 11.1 Å². The molecule has 0 aliphatic heterocycles. The topological polar surface area (TPSA) is 72.3 Å². The summed E-state index contributed by atoms with van der Waals surface area (Å²) in [6.07, 6.45) is 0.763. The van der Waals surface area contributed by atoms with E-state index in [4.69, 9.17) is 23.2 Å². The lowest BCUT2D eigenvalue weighted by Gasteiger charge is -2.20. The summed E-state index contributed by atoms with van der Waals surface area (Å²) in [5.74, 6) is 0. The van der Waals surface area contributed by atoms with Gasteiger partial charge in [-0.1, -0.05) is 47.5 Å². The van der Waals surface area contributed by atoms with Crippen molar-refractivity contribution in [3.63, 3.8) is 0 Å². The van der Waals surface area contributed by atoms with Crippen molar-refractivity contribution in [1.29, 1.82) is 10.5 Å². The Morgan fingerprint density at radius 3 is 1.31 bits per heavy atom. The van der Waals surface area contributed by atoms with E-state index < -0.39 is 11.1 Å². The van der Waals surface area contributed by atoms with Crippen molar-refractivity contribution in [3.05, 3.63) is 69.7 Å². The zero-order valence-corrected chi connectivity index (χ0v) is 16.1. The first kappa shape index (κ1) is 19.9. The van der Waals surface area contributed by atoms with Crippen LogP contribution < -0.4 is 0 Å². The summed E-state index contributed by atoms with van der Waals surface area (Å²) in [5, 5.41) is 28.9. The highest BCUT2D eigenvalue weighted by Gasteiger charge is 2.29. The van der Waals surface area contributed by atoms with Crippen LogP contribution in [0.3, 0.4) is 0 Å². The normalized spacial score (nSPS) is 15.6. The van der Waals surface area contributed by atoms with Gasteiger partial charge in [0.25, 0.3) is 0 Å². The lowest BCUT2D eigenvalue weighted by molar-refractivity contribution is 0.486. The quantitative estimate of drug-likeness (QED) is 0.590. The van der Waals surface area contributed by atoms with Crippen LogP contribution in [-0.2, 0) is 12.8 Å². The fourth-order valence-corrected chi connectivity index (χ4v) is 2.67. The summed E-state index contributed by atoms with van der Waals surface area (Å²) in [7, 11) is 0. The summed E-state index contributed by atoms with van der Waals surface area (Å²) < 4.78 is 0. The summed E-state index contributed by atoms with van der Waals surface area (Å²) in [4.78, 5) is 0. The van der Waals surface area contributed by atoms with Crippen molar-refractivity contribution in [2.75, 3.05) is 0 Å². The molecule has 0 fully saturated rings. The van der Waals surface area contributed by atoms with Gasteiger partial charge in [-0.15, -0.1) is 0 Å². The molecule has 6 heteroatoms. The van der Waals surface area contributed by atoms with Gasteiger partial charge in [0, 0.05) is 22.9 Å². The molecule has 0 aromatic heterocycles. The molecule has 0 amide bonds. The van der Waals surface area contributed by atoms with Crippen molar-refractivity contribution in [2.45, 2.75) is 37.8 Å². The van der Waals surface area contributed by atoms with Crippen LogP contribution >= 0.6 is 23.2 Å². The Hall–Kier alpha value is -2.40. The summed E-state index contributed by atoms with van der Waals surface area (Å²) in [6.45, 7) is 3.40. The smallest absolute Gasteiger partial charge is 0.168 e. The minimum atomic E-state index is -1.06. The second kappa shape index (κ2) is 8.32. The Labute approximate surface area is 163 Å². The Bertz CT molecular complexity index is 789. The molecule has 2 unspecified atom stereocenters. The first-order valence-electron chi connectivity index (χ1n) is 8.03. The molecular weight excluding hydrogens is 367 g/mol. The number of hydrogen-bond donors (Lipinski definition) is 0. The molecule has 0 saturated heterocycles. The maximum absolute atomic E-state index is 9.56. The predicted molar refractivity (Wildman–Crippen MR) is 103 cm³/mol. The van der Waals surface area contributed by atoms with Crippen LogP contribution in [0.1, 0.15) is 25.0 Å². The Morgan fingerprint density at radius 1 is 0.731 bits per heavy atom. The van der Waals surface area contributed by atoms with Crippen LogP contribution in [0.2, 0.25) is 10.0 Å². The maximum atomic E-state index is 9.56. The molecular formula is C20H18Cl2N4. The molecule has 26 heavy (non-hydrogen) atoms. The molecule has 2 aromatic rings. The number of hydrogen-bond acceptors (Lipinski definition) is 4. The van der Waals surface area contributed by atoms with Gasteiger partial charge in [0.05, 0.1) is 12.1 Å². The van der Waals surface area contributed by atoms with E-state index in [0.717, 1.165) is 11.1 Å². The number of rotatable bonds is 6. The molecule has 132 valence electrons. The van der Waals surface area contributed by atoms with Crippen molar-refractivity contribution in [1.82, 2.24) is 0 Å². The van der Waals surface area contributed by atoms with Gasteiger partial charge in [-0.25, -0.2) is 0 Å². The fourth-order valence-electron chi connectivity index (χ4n) is 2.41. The van der Waals surface area contributed by atoms with Crippen LogP contribution in [0.5, 0.6) is 0 Å². The zero-order chi connectivity index (χ0) is 19.2. The molecule has 2 rings (SSSR count). The maximum Gasteiger partial charge on any atom is 0.168 e. The van der Waals surface area contributed by atoms with Gasteiger partial charge in [-0.2, -0.15) is 20.8 Å². The zero-order valence-electron chi connectivity index (χ0n) is 14.6. The Kier molecular flexibility index (Phi) is 6.37. The first-order valence-corrected chi connectivity index (χ1v) is 8.79. The molecule has 4 nitrogen and oxygen atoms in total. The highest BCUT2D eigenvalue weighted by atomic mass is 35.5. The molecule has 2 aromatic carbocycles. The van der Waals surface area contributed by atoms with Crippen molar-refractivity contribution < 1.29 is 0 Å². The number of halogens is 2. The van der Waals surface area contributed by atoms with Gasteiger partial charge in [0.2, 0.25) is 0 Å². The number of azo groups is 1. The minimum absolute atomic E-state index is 0.382. The van der Waals surface area contributed by atoms with Crippen molar-refractivity contribution in [3.8, 4) is 12.1 Å².